The standard InChI is InChI=1S/C15H13NO4/c17-12-6-3-5-11(8-12)15(20)16-13-7-2-1-4-10(13)9-14(18)19/h1-8,17H,9H2,(H,16,20)(H,18,19). The zero-order chi connectivity index (χ0) is 14.5. The van der Waals surface area contributed by atoms with E-state index in [2.05, 4.69) is 5.32 Å². The molecule has 0 aliphatic carbocycles. The summed E-state index contributed by atoms with van der Waals surface area (Å²) < 4.78 is 0. The minimum atomic E-state index is -0.968. The van der Waals surface area contributed by atoms with Gasteiger partial charge in [0.1, 0.15) is 5.75 Å². The van der Waals surface area contributed by atoms with E-state index in [9.17, 15) is 14.7 Å². The molecule has 0 atom stereocenters. The maximum absolute atomic E-state index is 12.0. The molecule has 0 radical (unpaired) electrons. The van der Waals surface area contributed by atoms with Crippen molar-refractivity contribution in [3.05, 3.63) is 59.7 Å². The number of carboxylic acid groups (broad SMARTS) is 1. The van der Waals surface area contributed by atoms with Crippen LogP contribution in [0.1, 0.15) is 15.9 Å². The van der Waals surface area contributed by atoms with Crippen molar-refractivity contribution in [3.8, 4) is 5.75 Å². The number of carboxylic acids is 1. The molecule has 1 amide bonds. The van der Waals surface area contributed by atoms with Gasteiger partial charge in [0.15, 0.2) is 0 Å². The van der Waals surface area contributed by atoms with Crippen LogP contribution >= 0.6 is 0 Å². The van der Waals surface area contributed by atoms with Gasteiger partial charge in [-0.25, -0.2) is 0 Å². The fraction of sp³-hybridized carbons (Fsp3) is 0.0667. The van der Waals surface area contributed by atoms with E-state index >= 15 is 0 Å². The molecule has 0 aliphatic heterocycles. The van der Waals surface area contributed by atoms with E-state index < -0.39 is 11.9 Å². The van der Waals surface area contributed by atoms with Crippen molar-refractivity contribution in [2.75, 3.05) is 5.32 Å². The second-order valence-corrected chi connectivity index (χ2v) is 4.23. The maximum Gasteiger partial charge on any atom is 0.307 e. The number of carbonyl (C=O) groups excluding carboxylic acids is 1. The molecule has 2 aromatic rings. The fourth-order valence-electron chi connectivity index (χ4n) is 1.80. The van der Waals surface area contributed by atoms with Gasteiger partial charge in [-0.1, -0.05) is 24.3 Å². The molecule has 5 heteroatoms. The maximum atomic E-state index is 12.0. The molecule has 0 saturated heterocycles. The average molecular weight is 271 g/mol. The van der Waals surface area contributed by atoms with Gasteiger partial charge in [-0.15, -0.1) is 0 Å². The lowest BCUT2D eigenvalue weighted by Gasteiger charge is -2.09. The number of amides is 1. The minimum absolute atomic E-state index is 0.00327. The van der Waals surface area contributed by atoms with Crippen molar-refractivity contribution in [1.82, 2.24) is 0 Å². The predicted molar refractivity (Wildman–Crippen MR) is 73.8 cm³/mol. The summed E-state index contributed by atoms with van der Waals surface area (Å²) in [5.41, 5.74) is 1.27. The normalized spacial score (nSPS) is 10.0. The summed E-state index contributed by atoms with van der Waals surface area (Å²) in [6.07, 6.45) is -0.170. The molecular formula is C15H13NO4. The molecule has 0 unspecified atom stereocenters. The number of hydrogen-bond donors (Lipinski definition) is 3. The number of phenolic OH excluding ortho intramolecular Hbond substituents is 1. The molecule has 0 aliphatic rings. The molecule has 0 spiro atoms. The Morgan fingerprint density at radius 2 is 1.80 bits per heavy atom. The van der Waals surface area contributed by atoms with Crippen LogP contribution in [0.3, 0.4) is 0 Å². The van der Waals surface area contributed by atoms with Crippen LogP contribution in [0, 0.1) is 0 Å². The van der Waals surface area contributed by atoms with E-state index in [0.717, 1.165) is 0 Å². The summed E-state index contributed by atoms with van der Waals surface area (Å²) in [6.45, 7) is 0. The first-order chi connectivity index (χ1) is 9.56. The zero-order valence-corrected chi connectivity index (χ0v) is 10.5. The fourth-order valence-corrected chi connectivity index (χ4v) is 1.80. The van der Waals surface area contributed by atoms with Gasteiger partial charge in [0.25, 0.3) is 5.91 Å². The van der Waals surface area contributed by atoms with Crippen LogP contribution in [0.15, 0.2) is 48.5 Å². The lowest BCUT2D eigenvalue weighted by molar-refractivity contribution is -0.136. The quantitative estimate of drug-likeness (QED) is 0.796. The molecule has 0 aromatic heterocycles. The highest BCUT2D eigenvalue weighted by Crippen LogP contribution is 2.18. The first-order valence-corrected chi connectivity index (χ1v) is 5.96. The van der Waals surface area contributed by atoms with Gasteiger partial charge in [-0.05, 0) is 29.8 Å². The summed E-state index contributed by atoms with van der Waals surface area (Å²) in [6, 6.07) is 12.6. The smallest absolute Gasteiger partial charge is 0.307 e. The highest BCUT2D eigenvalue weighted by molar-refractivity contribution is 6.05. The monoisotopic (exact) mass is 271 g/mol. The molecule has 20 heavy (non-hydrogen) atoms. The summed E-state index contributed by atoms with van der Waals surface area (Å²) in [5, 5.41) is 20.8. The molecule has 2 aromatic carbocycles. The van der Waals surface area contributed by atoms with Crippen LogP contribution in [0.25, 0.3) is 0 Å². The predicted octanol–water partition coefficient (Wildman–Crippen LogP) is 2.27. The Kier molecular flexibility index (Phi) is 4.00. The summed E-state index contributed by atoms with van der Waals surface area (Å²) in [5.74, 6) is -1.38. The second kappa shape index (κ2) is 5.88. The zero-order valence-electron chi connectivity index (χ0n) is 10.5. The van der Waals surface area contributed by atoms with Crippen LogP contribution in [0.5, 0.6) is 5.75 Å². The van der Waals surface area contributed by atoms with Gasteiger partial charge in [0.2, 0.25) is 0 Å². The molecule has 3 N–H and O–H groups in total. The summed E-state index contributed by atoms with van der Waals surface area (Å²) in [7, 11) is 0. The number of aliphatic carboxylic acids is 1. The number of anilines is 1. The van der Waals surface area contributed by atoms with Crippen molar-refractivity contribution < 1.29 is 19.8 Å². The van der Waals surface area contributed by atoms with Crippen LogP contribution in [0.4, 0.5) is 5.69 Å². The van der Waals surface area contributed by atoms with Gasteiger partial charge in [-0.2, -0.15) is 0 Å². The number of aromatic hydroxyl groups is 1. The van der Waals surface area contributed by atoms with Gasteiger partial charge in [-0.3, -0.25) is 9.59 Å². The lowest BCUT2D eigenvalue weighted by atomic mass is 10.1. The van der Waals surface area contributed by atoms with Crippen LogP contribution < -0.4 is 5.32 Å². The number of carbonyl (C=O) groups is 2. The summed E-state index contributed by atoms with van der Waals surface area (Å²) in [4.78, 5) is 22.8. The van der Waals surface area contributed by atoms with Crippen molar-refractivity contribution >= 4 is 17.6 Å². The highest BCUT2D eigenvalue weighted by Gasteiger charge is 2.11. The van der Waals surface area contributed by atoms with E-state index in [1.165, 1.54) is 12.1 Å². The van der Waals surface area contributed by atoms with E-state index in [1.807, 2.05) is 0 Å². The van der Waals surface area contributed by atoms with Crippen molar-refractivity contribution in [1.29, 1.82) is 0 Å². The number of nitrogens with one attached hydrogen (secondary N) is 1. The molecule has 0 saturated carbocycles. The molecule has 0 bridgehead atoms. The number of hydrogen-bond acceptors (Lipinski definition) is 3. The van der Waals surface area contributed by atoms with Gasteiger partial charge >= 0.3 is 5.97 Å². The van der Waals surface area contributed by atoms with Gasteiger partial charge in [0.05, 0.1) is 6.42 Å². The van der Waals surface area contributed by atoms with Crippen LogP contribution in [0.2, 0.25) is 0 Å². The van der Waals surface area contributed by atoms with Crippen LogP contribution in [-0.4, -0.2) is 22.1 Å². The Labute approximate surface area is 115 Å². The van der Waals surface area contributed by atoms with Crippen molar-refractivity contribution in [3.63, 3.8) is 0 Å². The van der Waals surface area contributed by atoms with E-state index in [0.29, 0.717) is 16.8 Å². The number of phenols is 1. The lowest BCUT2D eigenvalue weighted by Crippen LogP contribution is -2.14. The molecule has 2 rings (SSSR count). The SMILES string of the molecule is O=C(O)Cc1ccccc1NC(=O)c1cccc(O)c1. The topological polar surface area (TPSA) is 86.6 Å². The van der Waals surface area contributed by atoms with E-state index in [4.69, 9.17) is 5.11 Å². The third-order valence-corrected chi connectivity index (χ3v) is 2.72. The van der Waals surface area contributed by atoms with Crippen molar-refractivity contribution in [2.24, 2.45) is 0 Å². The largest absolute Gasteiger partial charge is 0.508 e. The van der Waals surface area contributed by atoms with Crippen LogP contribution in [-0.2, 0) is 11.2 Å². The summed E-state index contributed by atoms with van der Waals surface area (Å²) >= 11 is 0. The highest BCUT2D eigenvalue weighted by atomic mass is 16.4. The Bertz CT molecular complexity index is 652. The van der Waals surface area contributed by atoms with E-state index in [1.54, 1.807) is 36.4 Å². The molecule has 102 valence electrons. The Morgan fingerprint density at radius 3 is 2.50 bits per heavy atom. The van der Waals surface area contributed by atoms with Gasteiger partial charge < -0.3 is 15.5 Å². The third kappa shape index (κ3) is 3.35. The average Bonchev–Trinajstić information content (AvgIpc) is 2.40. The minimum Gasteiger partial charge on any atom is -0.508 e. The molecule has 5 nitrogen and oxygen atoms in total. The van der Waals surface area contributed by atoms with E-state index in [-0.39, 0.29) is 12.2 Å². The number of benzene rings is 2. The Balaban J connectivity index is 2.21. The first-order valence-electron chi connectivity index (χ1n) is 5.96. The second-order valence-electron chi connectivity index (χ2n) is 4.23. The Morgan fingerprint density at radius 1 is 1.05 bits per heavy atom. The van der Waals surface area contributed by atoms with Crippen molar-refractivity contribution in [2.45, 2.75) is 6.42 Å². The van der Waals surface area contributed by atoms with Gasteiger partial charge in [0, 0.05) is 11.3 Å². The number of para-hydroxylation sites is 1. The molecule has 0 heterocycles. The third-order valence-electron chi connectivity index (χ3n) is 2.72. The molecular weight excluding hydrogens is 258 g/mol. The Hall–Kier alpha value is -2.82. The number of rotatable bonds is 4. The first kappa shape index (κ1) is 13.6. The molecule has 0 fully saturated rings.